The zero-order valence-electron chi connectivity index (χ0n) is 8.32. The number of aryl methyl sites for hydroxylation is 2. The van der Waals surface area contributed by atoms with Gasteiger partial charge < -0.3 is 0 Å². The number of hydrogen-bond acceptors (Lipinski definition) is 3. The van der Waals surface area contributed by atoms with Gasteiger partial charge in [-0.1, -0.05) is 0 Å². The number of carbonyl (C=O) groups is 1. The summed E-state index contributed by atoms with van der Waals surface area (Å²) in [6.07, 6.45) is 0. The van der Waals surface area contributed by atoms with Crippen LogP contribution in [0.4, 0.5) is 0 Å². The molecule has 0 saturated carbocycles. The van der Waals surface area contributed by atoms with Gasteiger partial charge in [-0.05, 0) is 40.4 Å². The van der Waals surface area contributed by atoms with Gasteiger partial charge >= 0.3 is 0 Å². The van der Waals surface area contributed by atoms with E-state index in [0.29, 0.717) is 5.69 Å². The maximum Gasteiger partial charge on any atom is 0.222 e. The third-order valence-electron chi connectivity index (χ3n) is 2.06. The van der Waals surface area contributed by atoms with E-state index in [0.717, 1.165) is 15.0 Å². The topological polar surface area (TPSA) is 34.9 Å². The molecule has 78 valence electrons. The van der Waals surface area contributed by atoms with E-state index in [1.54, 1.807) is 17.8 Å². The highest BCUT2D eigenvalue weighted by molar-refractivity contribution is 9.10. The summed E-state index contributed by atoms with van der Waals surface area (Å²) in [5, 5.41) is 6.05. The van der Waals surface area contributed by atoms with Crippen molar-refractivity contribution in [3.63, 3.8) is 0 Å². The van der Waals surface area contributed by atoms with Crippen molar-refractivity contribution in [1.82, 2.24) is 9.78 Å². The molecule has 2 aromatic rings. The second kappa shape index (κ2) is 3.90. The summed E-state index contributed by atoms with van der Waals surface area (Å²) in [5.41, 5.74) is 1.48. The molecule has 0 bridgehead atoms. The lowest BCUT2D eigenvalue weighted by atomic mass is 10.2. The van der Waals surface area contributed by atoms with E-state index in [9.17, 15) is 4.79 Å². The average Bonchev–Trinajstić information content (AvgIpc) is 2.71. The van der Waals surface area contributed by atoms with Gasteiger partial charge in [0.1, 0.15) is 5.69 Å². The van der Waals surface area contributed by atoms with Crippen LogP contribution in [0.3, 0.4) is 0 Å². The number of carbonyl (C=O) groups excluding carboxylic acids is 1. The molecule has 2 rings (SSSR count). The molecule has 0 unspecified atom stereocenters. The van der Waals surface area contributed by atoms with Crippen LogP contribution in [0, 0.1) is 6.92 Å². The van der Waals surface area contributed by atoms with Crippen LogP contribution in [0.25, 0.3) is 0 Å². The Morgan fingerprint density at radius 1 is 1.60 bits per heavy atom. The Morgan fingerprint density at radius 2 is 2.33 bits per heavy atom. The Hall–Kier alpha value is -0.940. The number of halogens is 1. The smallest absolute Gasteiger partial charge is 0.222 e. The predicted octanol–water partition coefficient (Wildman–Crippen LogP) is 2.78. The molecule has 3 nitrogen and oxygen atoms in total. The molecule has 0 atom stereocenters. The quantitative estimate of drug-likeness (QED) is 0.795. The Bertz CT molecular complexity index is 515. The van der Waals surface area contributed by atoms with Crippen LogP contribution in [0.1, 0.15) is 21.1 Å². The van der Waals surface area contributed by atoms with Gasteiger partial charge in [-0.15, -0.1) is 11.3 Å². The largest absolute Gasteiger partial charge is 0.286 e. The van der Waals surface area contributed by atoms with Gasteiger partial charge in [0.15, 0.2) is 0 Å². The van der Waals surface area contributed by atoms with Crippen molar-refractivity contribution in [2.75, 3.05) is 0 Å². The molecule has 0 aliphatic rings. The molecule has 0 aliphatic carbocycles. The fourth-order valence-corrected chi connectivity index (χ4v) is 2.90. The lowest BCUT2D eigenvalue weighted by molar-refractivity contribution is 0.103. The Labute approximate surface area is 99.9 Å². The molecule has 5 heteroatoms. The van der Waals surface area contributed by atoms with Crippen molar-refractivity contribution < 1.29 is 4.79 Å². The molecule has 2 heterocycles. The van der Waals surface area contributed by atoms with Gasteiger partial charge in [0.05, 0.1) is 10.6 Å². The van der Waals surface area contributed by atoms with Gasteiger partial charge in [-0.25, -0.2) is 0 Å². The summed E-state index contributed by atoms with van der Waals surface area (Å²) in [7, 11) is 1.78. The zero-order chi connectivity index (χ0) is 11.0. The molecule has 0 saturated heterocycles. The van der Waals surface area contributed by atoms with E-state index >= 15 is 0 Å². The summed E-state index contributed by atoms with van der Waals surface area (Å²) in [6.45, 7) is 1.88. The summed E-state index contributed by atoms with van der Waals surface area (Å²) in [4.78, 5) is 12.8. The average molecular weight is 285 g/mol. The van der Waals surface area contributed by atoms with Crippen molar-refractivity contribution >= 4 is 33.0 Å². The predicted molar refractivity (Wildman–Crippen MR) is 63.4 cm³/mol. The Balaban J connectivity index is 2.45. The van der Waals surface area contributed by atoms with Gasteiger partial charge in [-0.3, -0.25) is 9.48 Å². The summed E-state index contributed by atoms with van der Waals surface area (Å²) in [6, 6.07) is 3.68. The fraction of sp³-hybridized carbons (Fsp3) is 0.200. The van der Waals surface area contributed by atoms with Gasteiger partial charge in [0.25, 0.3) is 0 Å². The maximum atomic E-state index is 12.1. The zero-order valence-corrected chi connectivity index (χ0v) is 10.7. The maximum absolute atomic E-state index is 12.1. The molecule has 0 spiro atoms. The van der Waals surface area contributed by atoms with Gasteiger partial charge in [0.2, 0.25) is 5.78 Å². The summed E-state index contributed by atoms with van der Waals surface area (Å²) >= 11 is 4.79. The summed E-state index contributed by atoms with van der Waals surface area (Å²) < 4.78 is 2.46. The molecule has 0 amide bonds. The van der Waals surface area contributed by atoms with Gasteiger partial charge in [0, 0.05) is 11.5 Å². The van der Waals surface area contributed by atoms with Crippen molar-refractivity contribution in [2.24, 2.45) is 7.05 Å². The van der Waals surface area contributed by atoms with E-state index in [-0.39, 0.29) is 5.78 Å². The molecular formula is C10H9BrN2OS. The normalized spacial score (nSPS) is 10.6. The van der Waals surface area contributed by atoms with E-state index < -0.39 is 0 Å². The SMILES string of the molecule is Cc1cc(C(=O)c2sccc2Br)n(C)n1. The minimum atomic E-state index is 0.0139. The monoisotopic (exact) mass is 284 g/mol. The van der Waals surface area contributed by atoms with Crippen LogP contribution in [-0.2, 0) is 7.05 Å². The minimum Gasteiger partial charge on any atom is -0.286 e. The van der Waals surface area contributed by atoms with Crippen molar-refractivity contribution in [2.45, 2.75) is 6.92 Å². The fourth-order valence-electron chi connectivity index (χ4n) is 1.40. The highest BCUT2D eigenvalue weighted by Crippen LogP contribution is 2.25. The summed E-state index contributed by atoms with van der Waals surface area (Å²) in [5.74, 6) is 0.0139. The molecule has 0 aromatic carbocycles. The second-order valence-corrected chi connectivity index (χ2v) is 4.99. The number of thiophene rings is 1. The van der Waals surface area contributed by atoms with Crippen LogP contribution < -0.4 is 0 Å². The van der Waals surface area contributed by atoms with Crippen LogP contribution in [-0.4, -0.2) is 15.6 Å². The molecule has 15 heavy (non-hydrogen) atoms. The van der Waals surface area contributed by atoms with E-state index in [1.165, 1.54) is 11.3 Å². The van der Waals surface area contributed by atoms with E-state index in [1.807, 2.05) is 18.4 Å². The number of nitrogens with zero attached hydrogens (tertiary/aromatic N) is 2. The molecule has 2 aromatic heterocycles. The molecular weight excluding hydrogens is 276 g/mol. The van der Waals surface area contributed by atoms with Crippen LogP contribution in [0.15, 0.2) is 22.0 Å². The number of rotatable bonds is 2. The Kier molecular flexibility index (Phi) is 2.75. The second-order valence-electron chi connectivity index (χ2n) is 3.22. The van der Waals surface area contributed by atoms with E-state index in [2.05, 4.69) is 21.0 Å². The van der Waals surface area contributed by atoms with Crippen LogP contribution >= 0.6 is 27.3 Å². The van der Waals surface area contributed by atoms with Crippen molar-refractivity contribution in [3.05, 3.63) is 38.3 Å². The van der Waals surface area contributed by atoms with Gasteiger partial charge in [-0.2, -0.15) is 5.10 Å². The molecule has 0 radical (unpaired) electrons. The highest BCUT2D eigenvalue weighted by Gasteiger charge is 2.17. The van der Waals surface area contributed by atoms with Crippen molar-refractivity contribution in [1.29, 1.82) is 0 Å². The number of hydrogen-bond donors (Lipinski definition) is 0. The number of ketones is 1. The lowest BCUT2D eigenvalue weighted by Crippen LogP contribution is -2.06. The first-order chi connectivity index (χ1) is 7.09. The lowest BCUT2D eigenvalue weighted by Gasteiger charge is -1.98. The van der Waals surface area contributed by atoms with Crippen molar-refractivity contribution in [3.8, 4) is 0 Å². The first-order valence-corrected chi connectivity index (χ1v) is 6.05. The number of aromatic nitrogens is 2. The van der Waals surface area contributed by atoms with Crippen LogP contribution in [0.2, 0.25) is 0 Å². The molecule has 0 N–H and O–H groups in total. The highest BCUT2D eigenvalue weighted by atomic mass is 79.9. The first kappa shape index (κ1) is 10.6. The third kappa shape index (κ3) is 1.89. The van der Waals surface area contributed by atoms with Crippen LogP contribution in [0.5, 0.6) is 0 Å². The molecule has 0 aliphatic heterocycles. The third-order valence-corrected chi connectivity index (χ3v) is 3.89. The standard InChI is InChI=1S/C10H9BrN2OS/c1-6-5-8(13(2)12-6)9(14)10-7(11)3-4-15-10/h3-5H,1-2H3. The molecule has 0 fully saturated rings. The van der Waals surface area contributed by atoms with E-state index in [4.69, 9.17) is 0 Å². The minimum absolute atomic E-state index is 0.0139. The first-order valence-electron chi connectivity index (χ1n) is 4.38. The Morgan fingerprint density at radius 3 is 2.80 bits per heavy atom.